The highest BCUT2D eigenvalue weighted by molar-refractivity contribution is 9.10. The highest BCUT2D eigenvalue weighted by Gasteiger charge is 2.25. The summed E-state index contributed by atoms with van der Waals surface area (Å²) in [5.41, 5.74) is 4.16. The van der Waals surface area contributed by atoms with Gasteiger partial charge in [-0.1, -0.05) is 50.9 Å². The molecule has 0 aliphatic carbocycles. The average molecular weight is 862 g/mol. The molecule has 12 heteroatoms. The van der Waals surface area contributed by atoms with Gasteiger partial charge in [-0.3, -0.25) is 9.80 Å². The fourth-order valence-electron chi connectivity index (χ4n) is 5.61. The van der Waals surface area contributed by atoms with Crippen molar-refractivity contribution in [1.29, 1.82) is 0 Å². The second-order valence-corrected chi connectivity index (χ2v) is 14.5. The van der Waals surface area contributed by atoms with Crippen LogP contribution in [-0.2, 0) is 26.2 Å². The number of benzene rings is 4. The summed E-state index contributed by atoms with van der Waals surface area (Å²) in [6.45, 7) is 15.4. The van der Waals surface area contributed by atoms with Crippen LogP contribution in [0.4, 0.5) is 9.59 Å². The van der Waals surface area contributed by atoms with E-state index >= 15 is 0 Å². The van der Waals surface area contributed by atoms with E-state index in [4.69, 9.17) is 25.8 Å². The Morgan fingerprint density at radius 3 is 1.60 bits per heavy atom. The van der Waals surface area contributed by atoms with E-state index in [1.54, 1.807) is 55.5 Å². The van der Waals surface area contributed by atoms with Gasteiger partial charge in [-0.15, -0.1) is 0 Å². The largest absolute Gasteiger partial charge is 0.497 e. The molecule has 0 saturated heterocycles. The second kappa shape index (κ2) is 21.8. The molecule has 6 rings (SSSR count). The maximum Gasteiger partial charge on any atom is 0.415 e. The zero-order valence-corrected chi connectivity index (χ0v) is 34.7. The van der Waals surface area contributed by atoms with Crippen molar-refractivity contribution < 1.29 is 28.5 Å². The lowest BCUT2D eigenvalue weighted by Gasteiger charge is -2.28. The Morgan fingerprint density at radius 2 is 1.13 bits per heavy atom. The third-order valence-corrected chi connectivity index (χ3v) is 9.30. The predicted octanol–water partition coefficient (Wildman–Crippen LogP) is 10.6. The van der Waals surface area contributed by atoms with Crippen LogP contribution >= 0.6 is 43.5 Å². The Morgan fingerprint density at radius 1 is 0.692 bits per heavy atom. The van der Waals surface area contributed by atoms with Gasteiger partial charge in [-0.25, -0.2) is 9.59 Å². The van der Waals surface area contributed by atoms with Crippen LogP contribution in [0.5, 0.6) is 23.0 Å². The van der Waals surface area contributed by atoms with E-state index in [2.05, 4.69) is 93.6 Å². The molecule has 0 fully saturated rings. The molecule has 9 nitrogen and oxygen atoms in total. The molecule has 280 valence electrons. The number of carbonyl (C=O) groups is 2. The van der Waals surface area contributed by atoms with Crippen molar-refractivity contribution >= 4 is 55.0 Å². The molecule has 0 saturated carbocycles. The van der Waals surface area contributed by atoms with Crippen LogP contribution in [0.25, 0.3) is 0 Å². The molecule has 0 bridgehead atoms. The molecule has 0 aromatic heterocycles. The van der Waals surface area contributed by atoms with E-state index < -0.39 is 5.43 Å². The average Bonchev–Trinajstić information content (AvgIpc) is 3.77. The Kier molecular flexibility index (Phi) is 17.9. The van der Waals surface area contributed by atoms with E-state index in [9.17, 15) is 9.59 Å². The van der Waals surface area contributed by atoms with E-state index in [0.717, 1.165) is 51.2 Å². The first-order valence-corrected chi connectivity index (χ1v) is 18.9. The summed E-state index contributed by atoms with van der Waals surface area (Å²) in [6, 6.07) is 27.5. The van der Waals surface area contributed by atoms with Crippen molar-refractivity contribution in [2.24, 2.45) is 0 Å². The minimum absolute atomic E-state index is 0.340. The molecule has 0 spiro atoms. The number of rotatable bonds is 7. The zero-order valence-electron chi connectivity index (χ0n) is 30.8. The Balaban J connectivity index is 0.000000201. The molecule has 52 heavy (non-hydrogen) atoms. The summed E-state index contributed by atoms with van der Waals surface area (Å²) in [5, 5.41) is 3.28. The summed E-state index contributed by atoms with van der Waals surface area (Å²) in [6.07, 6.45) is -0.340. The quantitative estimate of drug-likeness (QED) is 0.184. The maximum absolute atomic E-state index is 12.2. The number of hydrogen-bond donors (Lipinski definition) is 1. The van der Waals surface area contributed by atoms with E-state index in [-0.39, 0.29) is 6.09 Å². The molecule has 0 radical (unpaired) electrons. The minimum atomic E-state index is -0.827. The number of carbonyl (C=O) groups excluding carboxylic acids is 2. The number of hydrogen-bond acceptors (Lipinski definition) is 8. The standard InChI is InChI=1S/C16H14BrNO3.C9H11NO.C8H19N.C7H4BrClO2/c1-20-15-5-2-11-9-18(10-12(11)8-15)16(19)21-14-6-3-13(17)4-7-14;1-11-9-3-2-7-5-10-6-8(7)4-9;1-6-9(7(2)3)8(4)5;8-5-1-3-6(4-2-5)11-7(9)10/h2-8H,9-10H2,1H3;2-4,10H,5-6H2,1H3;7-8H,6H2,1-5H3;1-4H. The molecule has 0 unspecified atom stereocenters. The number of nitrogens with one attached hydrogen (secondary N) is 1. The van der Waals surface area contributed by atoms with Crippen molar-refractivity contribution in [3.05, 3.63) is 116 Å². The maximum atomic E-state index is 12.2. The highest BCUT2D eigenvalue weighted by Crippen LogP contribution is 2.28. The fraction of sp³-hybridized carbons (Fsp3) is 0.350. The van der Waals surface area contributed by atoms with Crippen LogP contribution in [0.1, 0.15) is 56.9 Å². The van der Waals surface area contributed by atoms with E-state index in [1.807, 2.05) is 36.4 Å². The molecule has 1 N–H and O–H groups in total. The van der Waals surface area contributed by atoms with Gasteiger partial charge in [0.1, 0.15) is 23.0 Å². The minimum Gasteiger partial charge on any atom is -0.497 e. The first-order chi connectivity index (χ1) is 24.8. The van der Waals surface area contributed by atoms with E-state index in [1.165, 1.54) is 11.1 Å². The number of amides is 1. The van der Waals surface area contributed by atoms with Crippen LogP contribution in [0, 0.1) is 0 Å². The van der Waals surface area contributed by atoms with Gasteiger partial charge in [0.15, 0.2) is 0 Å². The molecule has 2 aliphatic rings. The third-order valence-electron chi connectivity index (χ3n) is 8.16. The van der Waals surface area contributed by atoms with Gasteiger partial charge < -0.3 is 24.3 Å². The lowest BCUT2D eigenvalue weighted by molar-refractivity contribution is 0.152. The molecular formula is C40H48Br2ClN3O6. The van der Waals surface area contributed by atoms with Gasteiger partial charge in [-0.2, -0.15) is 0 Å². The van der Waals surface area contributed by atoms with Gasteiger partial charge in [-0.05, 0) is 129 Å². The van der Waals surface area contributed by atoms with E-state index in [0.29, 0.717) is 36.7 Å². The van der Waals surface area contributed by atoms with Crippen LogP contribution < -0.4 is 24.3 Å². The van der Waals surface area contributed by atoms with Gasteiger partial charge >= 0.3 is 11.5 Å². The third kappa shape index (κ3) is 14.1. The molecule has 2 aliphatic heterocycles. The fourth-order valence-corrected chi connectivity index (χ4v) is 6.23. The zero-order chi connectivity index (χ0) is 38.2. The molecule has 4 aromatic carbocycles. The van der Waals surface area contributed by atoms with Crippen molar-refractivity contribution in [3.8, 4) is 23.0 Å². The smallest absolute Gasteiger partial charge is 0.415 e. The van der Waals surface area contributed by atoms with Crippen LogP contribution in [0.15, 0.2) is 93.9 Å². The lowest BCUT2D eigenvalue weighted by Crippen LogP contribution is -2.36. The normalized spacial score (nSPS) is 12.4. The van der Waals surface area contributed by atoms with Crippen molar-refractivity contribution in [3.63, 3.8) is 0 Å². The molecular weight excluding hydrogens is 814 g/mol. The predicted molar refractivity (Wildman–Crippen MR) is 215 cm³/mol. The summed E-state index contributed by atoms with van der Waals surface area (Å²) in [5.74, 6) is 2.73. The van der Waals surface area contributed by atoms with Crippen molar-refractivity contribution in [2.75, 3.05) is 20.8 Å². The highest BCUT2D eigenvalue weighted by atomic mass is 79.9. The molecule has 2 heterocycles. The number of ether oxygens (including phenoxy) is 4. The van der Waals surface area contributed by atoms with Crippen LogP contribution in [0.2, 0.25) is 0 Å². The summed E-state index contributed by atoms with van der Waals surface area (Å²) in [4.78, 5) is 26.5. The summed E-state index contributed by atoms with van der Waals surface area (Å²) < 4.78 is 22.1. The number of methoxy groups -OCH3 is 2. The van der Waals surface area contributed by atoms with Crippen LogP contribution in [0.3, 0.4) is 0 Å². The SMILES string of the molecule is CCN(C(C)C)C(C)C.COc1ccc2c(c1)CN(C(=O)Oc1ccc(Br)cc1)C2.COc1ccc2c(c1)CNC2.O=C(Cl)Oc1ccc(Br)cc1. The Hall–Kier alpha value is -3.61. The lowest BCUT2D eigenvalue weighted by atomic mass is 10.1. The topological polar surface area (TPSA) is 89.6 Å². The van der Waals surface area contributed by atoms with Gasteiger partial charge in [0.05, 0.1) is 14.2 Å². The molecule has 4 aromatic rings. The number of halogens is 3. The molecule has 1 amide bonds. The number of nitrogens with zero attached hydrogens (tertiary/aromatic N) is 2. The van der Waals surface area contributed by atoms with Crippen LogP contribution in [-0.4, -0.2) is 54.2 Å². The number of fused-ring (bicyclic) bond motifs is 2. The van der Waals surface area contributed by atoms with Gasteiger partial charge in [0.2, 0.25) is 0 Å². The summed E-state index contributed by atoms with van der Waals surface area (Å²) in [7, 11) is 3.33. The summed E-state index contributed by atoms with van der Waals surface area (Å²) >= 11 is 11.6. The second-order valence-electron chi connectivity index (χ2n) is 12.4. The monoisotopic (exact) mass is 859 g/mol. The Bertz CT molecular complexity index is 1710. The molecule has 0 atom stereocenters. The first-order valence-electron chi connectivity index (χ1n) is 17.0. The van der Waals surface area contributed by atoms with Gasteiger partial charge in [0, 0.05) is 58.8 Å². The first kappa shape index (κ1) is 42.8. The van der Waals surface area contributed by atoms with Crippen molar-refractivity contribution in [2.45, 2.75) is 72.9 Å². The Labute approximate surface area is 329 Å². The van der Waals surface area contributed by atoms with Gasteiger partial charge in [0.25, 0.3) is 0 Å². The van der Waals surface area contributed by atoms with Crippen molar-refractivity contribution in [1.82, 2.24) is 15.1 Å².